The largest absolute Gasteiger partial charge is 0.396 e. The number of nitrogen functional groups attached to an aromatic ring is 1. The summed E-state index contributed by atoms with van der Waals surface area (Å²) < 4.78 is 1.59. The molecule has 0 fully saturated rings. The molecular weight excluding hydrogens is 166 g/mol. The zero-order valence-corrected chi connectivity index (χ0v) is 7.18. The van der Waals surface area contributed by atoms with Gasteiger partial charge in [0.1, 0.15) is 0 Å². The lowest BCUT2D eigenvalue weighted by molar-refractivity contribution is 0.802. The summed E-state index contributed by atoms with van der Waals surface area (Å²) in [7, 11) is 0. The minimum atomic E-state index is 0.539. The van der Waals surface area contributed by atoms with Crippen molar-refractivity contribution < 1.29 is 0 Å². The Labute approximate surface area is 75.2 Å². The first kappa shape index (κ1) is 7.72. The molecule has 0 radical (unpaired) electrons. The molecule has 0 amide bonds. The number of rotatable bonds is 1. The van der Waals surface area contributed by atoms with E-state index >= 15 is 0 Å². The molecule has 0 saturated carbocycles. The third kappa shape index (κ3) is 1.35. The minimum absolute atomic E-state index is 0.539. The second-order valence-electron chi connectivity index (χ2n) is 2.66. The highest BCUT2D eigenvalue weighted by Gasteiger charge is 2.01. The Hall–Kier alpha value is -1.91. The first-order chi connectivity index (χ1) is 6.27. The highest BCUT2D eigenvalue weighted by molar-refractivity contribution is 5.40. The van der Waals surface area contributed by atoms with Gasteiger partial charge in [-0.1, -0.05) is 0 Å². The first-order valence-corrected chi connectivity index (χ1v) is 3.86. The number of nitrogens with zero attached hydrogens (tertiary/aromatic N) is 4. The molecule has 2 aromatic heterocycles. The number of aryl methyl sites for hydroxylation is 1. The first-order valence-electron chi connectivity index (χ1n) is 3.86. The molecule has 5 nitrogen and oxygen atoms in total. The van der Waals surface area contributed by atoms with Crippen molar-refractivity contribution in [2.45, 2.75) is 6.92 Å². The summed E-state index contributed by atoms with van der Waals surface area (Å²) in [4.78, 5) is 8.23. The van der Waals surface area contributed by atoms with Crippen LogP contribution < -0.4 is 5.73 Å². The maximum atomic E-state index is 5.59. The van der Waals surface area contributed by atoms with Gasteiger partial charge in [0.05, 0.1) is 17.6 Å². The Kier molecular flexibility index (Phi) is 1.70. The van der Waals surface area contributed by atoms with E-state index in [1.54, 1.807) is 23.3 Å². The average Bonchev–Trinajstić information content (AvgIpc) is 2.62. The van der Waals surface area contributed by atoms with Crippen LogP contribution in [0, 0.1) is 6.92 Å². The van der Waals surface area contributed by atoms with Gasteiger partial charge in [0, 0.05) is 12.4 Å². The lowest BCUT2D eigenvalue weighted by Gasteiger charge is -2.01. The van der Waals surface area contributed by atoms with Crippen molar-refractivity contribution in [2.75, 3.05) is 5.73 Å². The summed E-state index contributed by atoms with van der Waals surface area (Å²) in [5.74, 6) is 0.539. The smallest absolute Gasteiger partial charge is 0.250 e. The Balaban J connectivity index is 2.49. The second kappa shape index (κ2) is 2.85. The molecule has 2 rings (SSSR count). The fourth-order valence-corrected chi connectivity index (χ4v) is 0.962. The van der Waals surface area contributed by atoms with Crippen molar-refractivity contribution in [2.24, 2.45) is 0 Å². The third-order valence-corrected chi connectivity index (χ3v) is 1.71. The fourth-order valence-electron chi connectivity index (χ4n) is 0.962. The molecule has 5 heteroatoms. The van der Waals surface area contributed by atoms with Crippen LogP contribution in [0.3, 0.4) is 0 Å². The predicted molar refractivity (Wildman–Crippen MR) is 48.3 cm³/mol. The van der Waals surface area contributed by atoms with Gasteiger partial charge in [0.25, 0.3) is 5.95 Å². The van der Waals surface area contributed by atoms with Gasteiger partial charge in [-0.3, -0.25) is 0 Å². The molecule has 0 atom stereocenters. The maximum Gasteiger partial charge on any atom is 0.250 e. The normalized spacial score (nSPS) is 10.2. The topological polar surface area (TPSA) is 69.6 Å². The predicted octanol–water partition coefficient (Wildman–Crippen LogP) is 0.553. The van der Waals surface area contributed by atoms with Crippen LogP contribution in [0.1, 0.15) is 5.69 Å². The van der Waals surface area contributed by atoms with Crippen molar-refractivity contribution in [3.05, 3.63) is 30.4 Å². The molecule has 0 aliphatic rings. The summed E-state index contributed by atoms with van der Waals surface area (Å²) in [6, 6.07) is 1.81. The Morgan fingerprint density at radius 2 is 2.31 bits per heavy atom. The molecule has 0 aromatic carbocycles. The van der Waals surface area contributed by atoms with Crippen LogP contribution in [-0.2, 0) is 0 Å². The van der Waals surface area contributed by atoms with Gasteiger partial charge in [-0.25, -0.2) is 14.6 Å². The molecule has 2 N–H and O–H groups in total. The van der Waals surface area contributed by atoms with E-state index in [4.69, 9.17) is 5.73 Å². The molecule has 13 heavy (non-hydrogen) atoms. The Morgan fingerprint density at radius 3 is 2.92 bits per heavy atom. The molecule has 0 aliphatic carbocycles. The molecule has 0 unspecified atom stereocenters. The lowest BCUT2D eigenvalue weighted by atomic mass is 10.4. The number of aromatic nitrogens is 4. The highest BCUT2D eigenvalue weighted by Crippen LogP contribution is 2.06. The number of nitrogens with two attached hydrogens (primary N) is 1. The SMILES string of the molecule is Cc1nc(-n2cccn2)ncc1N. The molecule has 0 aliphatic heterocycles. The maximum absolute atomic E-state index is 5.59. The molecule has 0 bridgehead atoms. The average molecular weight is 175 g/mol. The fraction of sp³-hybridized carbons (Fsp3) is 0.125. The quantitative estimate of drug-likeness (QED) is 0.687. The van der Waals surface area contributed by atoms with Gasteiger partial charge in [0.15, 0.2) is 0 Å². The summed E-state index contributed by atoms with van der Waals surface area (Å²) in [6.45, 7) is 1.84. The van der Waals surface area contributed by atoms with Crippen LogP contribution in [0.2, 0.25) is 0 Å². The number of hydrogen-bond donors (Lipinski definition) is 1. The van der Waals surface area contributed by atoms with Gasteiger partial charge in [-0.2, -0.15) is 5.10 Å². The van der Waals surface area contributed by atoms with E-state index in [-0.39, 0.29) is 0 Å². The van der Waals surface area contributed by atoms with Gasteiger partial charge in [-0.15, -0.1) is 0 Å². The van der Waals surface area contributed by atoms with E-state index in [1.165, 1.54) is 0 Å². The van der Waals surface area contributed by atoms with Gasteiger partial charge in [0.2, 0.25) is 0 Å². The molecule has 2 heterocycles. The zero-order valence-electron chi connectivity index (χ0n) is 7.18. The van der Waals surface area contributed by atoms with Crippen molar-refractivity contribution in [3.63, 3.8) is 0 Å². The van der Waals surface area contributed by atoms with Gasteiger partial charge >= 0.3 is 0 Å². The third-order valence-electron chi connectivity index (χ3n) is 1.71. The summed E-state index contributed by atoms with van der Waals surface area (Å²) in [5.41, 5.74) is 6.95. The standard InChI is InChI=1S/C8H9N5/c1-6-7(9)5-10-8(12-6)13-4-2-3-11-13/h2-5H,9H2,1H3. The molecule has 0 saturated heterocycles. The molecule has 66 valence electrons. The van der Waals surface area contributed by atoms with Crippen molar-refractivity contribution in [3.8, 4) is 5.95 Å². The van der Waals surface area contributed by atoms with Gasteiger partial charge in [-0.05, 0) is 13.0 Å². The van der Waals surface area contributed by atoms with Gasteiger partial charge < -0.3 is 5.73 Å². The Bertz CT molecular complexity index is 406. The highest BCUT2D eigenvalue weighted by atomic mass is 15.3. The van der Waals surface area contributed by atoms with Crippen molar-refractivity contribution in [1.29, 1.82) is 0 Å². The van der Waals surface area contributed by atoms with Crippen LogP contribution in [-0.4, -0.2) is 19.7 Å². The van der Waals surface area contributed by atoms with Crippen LogP contribution in [0.5, 0.6) is 0 Å². The van der Waals surface area contributed by atoms with Crippen LogP contribution in [0.25, 0.3) is 5.95 Å². The van der Waals surface area contributed by atoms with Crippen LogP contribution >= 0.6 is 0 Å². The van der Waals surface area contributed by atoms with E-state index in [0.717, 1.165) is 5.69 Å². The van der Waals surface area contributed by atoms with E-state index in [2.05, 4.69) is 15.1 Å². The van der Waals surface area contributed by atoms with E-state index < -0.39 is 0 Å². The van der Waals surface area contributed by atoms with Crippen molar-refractivity contribution >= 4 is 5.69 Å². The zero-order chi connectivity index (χ0) is 9.26. The van der Waals surface area contributed by atoms with Crippen LogP contribution in [0.15, 0.2) is 24.7 Å². The Morgan fingerprint density at radius 1 is 1.46 bits per heavy atom. The lowest BCUT2D eigenvalue weighted by Crippen LogP contribution is -2.04. The van der Waals surface area contributed by atoms with Crippen molar-refractivity contribution in [1.82, 2.24) is 19.7 Å². The molecule has 2 aromatic rings. The summed E-state index contributed by atoms with van der Waals surface area (Å²) >= 11 is 0. The second-order valence-corrected chi connectivity index (χ2v) is 2.66. The molecule has 0 spiro atoms. The van der Waals surface area contributed by atoms with Crippen LogP contribution in [0.4, 0.5) is 5.69 Å². The molecular formula is C8H9N5. The monoisotopic (exact) mass is 175 g/mol. The summed E-state index contributed by atoms with van der Waals surface area (Å²) in [6.07, 6.45) is 5.04. The number of hydrogen-bond acceptors (Lipinski definition) is 4. The van der Waals surface area contributed by atoms with E-state index in [9.17, 15) is 0 Å². The number of anilines is 1. The minimum Gasteiger partial charge on any atom is -0.396 e. The van der Waals surface area contributed by atoms with E-state index in [1.807, 2.05) is 13.0 Å². The summed E-state index contributed by atoms with van der Waals surface area (Å²) in [5, 5.41) is 4.01. The van der Waals surface area contributed by atoms with E-state index in [0.29, 0.717) is 11.6 Å².